The topological polar surface area (TPSA) is 101 Å². The van der Waals surface area contributed by atoms with E-state index in [2.05, 4.69) is 0 Å². The molecule has 152 valence electrons. The summed E-state index contributed by atoms with van der Waals surface area (Å²) in [7, 11) is -3.78. The molecule has 0 aromatic heterocycles. The zero-order chi connectivity index (χ0) is 20.3. The van der Waals surface area contributed by atoms with E-state index in [0.29, 0.717) is 44.3 Å². The van der Waals surface area contributed by atoms with Gasteiger partial charge in [-0.1, -0.05) is 0 Å². The van der Waals surface area contributed by atoms with Gasteiger partial charge in [0.2, 0.25) is 21.8 Å². The van der Waals surface area contributed by atoms with Gasteiger partial charge in [0.05, 0.1) is 23.1 Å². The van der Waals surface area contributed by atoms with Crippen LogP contribution < -0.4 is 4.90 Å². The fourth-order valence-electron chi connectivity index (χ4n) is 3.57. The number of benzene rings is 1. The van der Waals surface area contributed by atoms with Crippen molar-refractivity contribution in [3.05, 3.63) is 24.3 Å². The van der Waals surface area contributed by atoms with Crippen LogP contribution in [-0.2, 0) is 29.1 Å². The predicted molar refractivity (Wildman–Crippen MR) is 101 cm³/mol. The van der Waals surface area contributed by atoms with Crippen molar-refractivity contribution in [3.63, 3.8) is 0 Å². The largest absolute Gasteiger partial charge is 0.466 e. The molecule has 28 heavy (non-hydrogen) atoms. The zero-order valence-electron chi connectivity index (χ0n) is 15.8. The van der Waals surface area contributed by atoms with Crippen LogP contribution in [0.3, 0.4) is 0 Å². The van der Waals surface area contributed by atoms with E-state index in [-0.39, 0.29) is 35.8 Å². The first-order valence-electron chi connectivity index (χ1n) is 9.47. The quantitative estimate of drug-likeness (QED) is 0.543. The van der Waals surface area contributed by atoms with Crippen molar-refractivity contribution >= 4 is 33.5 Å². The third-order valence-electron chi connectivity index (χ3n) is 5.02. The van der Waals surface area contributed by atoms with E-state index in [1.165, 1.54) is 28.6 Å². The van der Waals surface area contributed by atoms with Gasteiger partial charge in [-0.05, 0) is 50.5 Å². The Morgan fingerprint density at radius 1 is 1.11 bits per heavy atom. The molecule has 0 radical (unpaired) electrons. The van der Waals surface area contributed by atoms with Crippen molar-refractivity contribution in [3.8, 4) is 0 Å². The monoisotopic (exact) mass is 408 g/mol. The molecule has 2 aliphatic heterocycles. The molecular weight excluding hydrogens is 384 g/mol. The Morgan fingerprint density at radius 3 is 2.36 bits per heavy atom. The van der Waals surface area contributed by atoms with Crippen molar-refractivity contribution < 1.29 is 27.5 Å². The van der Waals surface area contributed by atoms with Gasteiger partial charge in [-0.2, -0.15) is 4.31 Å². The Bertz CT molecular complexity index is 849. The highest BCUT2D eigenvalue weighted by molar-refractivity contribution is 7.89. The van der Waals surface area contributed by atoms with Crippen molar-refractivity contribution in [1.29, 1.82) is 0 Å². The molecule has 1 unspecified atom stereocenters. The lowest BCUT2D eigenvalue weighted by Gasteiger charge is -2.31. The molecule has 2 aliphatic rings. The highest BCUT2D eigenvalue weighted by Crippen LogP contribution is 2.27. The lowest BCUT2D eigenvalue weighted by molar-refractivity contribution is -0.149. The Morgan fingerprint density at radius 2 is 1.75 bits per heavy atom. The molecule has 2 heterocycles. The summed E-state index contributed by atoms with van der Waals surface area (Å²) in [6.45, 7) is 2.40. The van der Waals surface area contributed by atoms with Crippen LogP contribution in [0.4, 0.5) is 5.69 Å². The molecular formula is C19H24N2O6S. The van der Waals surface area contributed by atoms with Gasteiger partial charge in [-0.3, -0.25) is 19.3 Å². The van der Waals surface area contributed by atoms with E-state index >= 15 is 0 Å². The van der Waals surface area contributed by atoms with Gasteiger partial charge in [0.15, 0.2) is 0 Å². The summed E-state index contributed by atoms with van der Waals surface area (Å²) in [6, 6.07) is 5.74. The fraction of sp³-hybridized carbons (Fsp3) is 0.526. The van der Waals surface area contributed by atoms with E-state index in [0.717, 1.165) is 4.90 Å². The third-order valence-corrected chi connectivity index (χ3v) is 6.90. The minimum absolute atomic E-state index is 0.0673. The van der Waals surface area contributed by atoms with Crippen molar-refractivity contribution in [1.82, 2.24) is 4.31 Å². The van der Waals surface area contributed by atoms with Crippen LogP contribution in [-0.4, -0.2) is 50.2 Å². The minimum Gasteiger partial charge on any atom is -0.466 e. The first-order valence-corrected chi connectivity index (χ1v) is 10.9. The van der Waals surface area contributed by atoms with Crippen LogP contribution in [0.15, 0.2) is 29.2 Å². The molecule has 2 fully saturated rings. The van der Waals surface area contributed by atoms with E-state index < -0.39 is 15.9 Å². The molecule has 0 aliphatic carbocycles. The van der Waals surface area contributed by atoms with E-state index in [4.69, 9.17) is 4.74 Å². The maximum Gasteiger partial charge on any atom is 0.310 e. The van der Waals surface area contributed by atoms with Crippen LogP contribution in [0.2, 0.25) is 0 Å². The van der Waals surface area contributed by atoms with E-state index in [9.17, 15) is 22.8 Å². The average molecular weight is 408 g/mol. The van der Waals surface area contributed by atoms with Gasteiger partial charge in [0.1, 0.15) is 0 Å². The molecule has 0 bridgehead atoms. The molecule has 0 spiro atoms. The standard InChI is InChI=1S/C19H24N2O6S/c1-2-27-19(24)14-5-4-12-20(13-14)28(25,26)16-10-8-15(9-11-16)21-17(22)6-3-7-18(21)23/h8-11,14H,2-7,12-13H2,1H3. The molecule has 1 aromatic rings. The average Bonchev–Trinajstić information content (AvgIpc) is 2.68. The number of ether oxygens (including phenoxy) is 1. The SMILES string of the molecule is CCOC(=O)C1CCCN(S(=O)(=O)c2ccc(N3C(=O)CCCC3=O)cc2)C1. The zero-order valence-corrected chi connectivity index (χ0v) is 16.6. The van der Waals surface area contributed by atoms with Gasteiger partial charge in [0, 0.05) is 25.9 Å². The number of imide groups is 1. The summed E-state index contributed by atoms with van der Waals surface area (Å²) in [6.07, 6.45) is 2.32. The van der Waals surface area contributed by atoms with Crippen LogP contribution in [0.5, 0.6) is 0 Å². The maximum absolute atomic E-state index is 13.0. The summed E-state index contributed by atoms with van der Waals surface area (Å²) in [4.78, 5) is 37.2. The van der Waals surface area contributed by atoms with Gasteiger partial charge < -0.3 is 4.74 Å². The normalized spacial score (nSPS) is 21.6. The molecule has 3 rings (SSSR count). The number of hydrogen-bond acceptors (Lipinski definition) is 6. The number of esters is 1. The molecule has 0 N–H and O–H groups in total. The minimum atomic E-state index is -3.78. The first-order chi connectivity index (χ1) is 13.3. The van der Waals surface area contributed by atoms with Crippen LogP contribution in [0.1, 0.15) is 39.0 Å². The van der Waals surface area contributed by atoms with Gasteiger partial charge in [0.25, 0.3) is 0 Å². The van der Waals surface area contributed by atoms with Crippen LogP contribution in [0.25, 0.3) is 0 Å². The number of nitrogens with zero attached hydrogens (tertiary/aromatic N) is 2. The summed E-state index contributed by atoms with van der Waals surface area (Å²) in [5.41, 5.74) is 0.372. The number of anilines is 1. The highest BCUT2D eigenvalue weighted by Gasteiger charge is 2.34. The summed E-state index contributed by atoms with van der Waals surface area (Å²) < 4.78 is 32.2. The van der Waals surface area contributed by atoms with Crippen LogP contribution in [0, 0.1) is 5.92 Å². The van der Waals surface area contributed by atoms with Crippen LogP contribution >= 0.6 is 0 Å². The lowest BCUT2D eigenvalue weighted by atomic mass is 10.0. The highest BCUT2D eigenvalue weighted by atomic mass is 32.2. The molecule has 0 saturated carbocycles. The molecule has 2 saturated heterocycles. The Hall–Kier alpha value is -2.26. The number of sulfonamides is 1. The summed E-state index contributed by atoms with van der Waals surface area (Å²) >= 11 is 0. The molecule has 1 aromatic carbocycles. The second-order valence-electron chi connectivity index (χ2n) is 6.92. The molecule has 2 amide bonds. The number of carbonyl (C=O) groups is 3. The van der Waals surface area contributed by atoms with E-state index in [1.54, 1.807) is 6.92 Å². The summed E-state index contributed by atoms with van der Waals surface area (Å²) in [5, 5.41) is 0. The van der Waals surface area contributed by atoms with Crippen molar-refractivity contribution in [2.24, 2.45) is 5.92 Å². The number of piperidine rings is 2. The van der Waals surface area contributed by atoms with Gasteiger partial charge in [-0.25, -0.2) is 8.42 Å². The molecule has 9 heteroatoms. The predicted octanol–water partition coefficient (Wildman–Crippen LogP) is 1.69. The second-order valence-corrected chi connectivity index (χ2v) is 8.86. The number of rotatable bonds is 5. The Balaban J connectivity index is 1.77. The number of hydrogen-bond donors (Lipinski definition) is 0. The molecule has 1 atom stereocenters. The van der Waals surface area contributed by atoms with Crippen molar-refractivity contribution in [2.75, 3.05) is 24.6 Å². The van der Waals surface area contributed by atoms with Gasteiger partial charge >= 0.3 is 5.97 Å². The lowest BCUT2D eigenvalue weighted by Crippen LogP contribution is -2.42. The second kappa shape index (κ2) is 8.40. The number of carbonyl (C=O) groups excluding carboxylic acids is 3. The third kappa shape index (κ3) is 4.10. The Kier molecular flexibility index (Phi) is 6.14. The maximum atomic E-state index is 13.0. The summed E-state index contributed by atoms with van der Waals surface area (Å²) in [5.74, 6) is -1.40. The molecule has 8 nitrogen and oxygen atoms in total. The number of amides is 2. The van der Waals surface area contributed by atoms with Crippen molar-refractivity contribution in [2.45, 2.75) is 43.9 Å². The van der Waals surface area contributed by atoms with E-state index in [1.807, 2.05) is 0 Å². The Labute approximate surface area is 164 Å². The first kappa shape index (κ1) is 20.5. The smallest absolute Gasteiger partial charge is 0.310 e. The fourth-order valence-corrected chi connectivity index (χ4v) is 5.09. The van der Waals surface area contributed by atoms with Gasteiger partial charge in [-0.15, -0.1) is 0 Å².